The predicted octanol–water partition coefficient (Wildman–Crippen LogP) is 12.3. The van der Waals surface area contributed by atoms with Gasteiger partial charge in [0.1, 0.15) is 11.2 Å². The summed E-state index contributed by atoms with van der Waals surface area (Å²) in [5.74, 6) is 0. The van der Waals surface area contributed by atoms with Crippen LogP contribution in [0.5, 0.6) is 0 Å². The van der Waals surface area contributed by atoms with E-state index in [1.54, 1.807) is 12.2 Å². The third-order valence-electron chi connectivity index (χ3n) is 9.50. The van der Waals surface area contributed by atoms with Crippen LogP contribution >= 0.6 is 0 Å². The lowest BCUT2D eigenvalue weighted by Gasteiger charge is -2.28. The van der Waals surface area contributed by atoms with Crippen molar-refractivity contribution in [2.24, 2.45) is 0 Å². The predicted molar refractivity (Wildman–Crippen MR) is 221 cm³/mol. The first-order chi connectivity index (χ1) is 27.4. The van der Waals surface area contributed by atoms with Gasteiger partial charge in [-0.15, -0.1) is 0 Å². The first kappa shape index (κ1) is 26.9. The molecule has 0 N–H and O–H groups in total. The Morgan fingerprint density at radius 2 is 1.15 bits per heavy atom. The fourth-order valence-electron chi connectivity index (χ4n) is 7.03. The highest BCUT2D eigenvalue weighted by molar-refractivity contribution is 6.17. The van der Waals surface area contributed by atoms with Gasteiger partial charge in [0, 0.05) is 38.7 Å². The van der Waals surface area contributed by atoms with E-state index < -0.39 is 0 Å². The Bertz CT molecular complexity index is 3070. The van der Waals surface area contributed by atoms with Gasteiger partial charge < -0.3 is 9.32 Å². The number of hydrogen-bond acceptors (Lipinski definition) is 2. The summed E-state index contributed by atoms with van der Waals surface area (Å²) >= 11 is 0. The van der Waals surface area contributed by atoms with Crippen molar-refractivity contribution in [3.63, 3.8) is 0 Å². The fraction of sp³-hybridized carbons (Fsp3) is 0. The van der Waals surface area contributed by atoms with Gasteiger partial charge in [0.2, 0.25) is 0 Å². The maximum Gasteiger partial charge on any atom is 0.143 e. The monoisotopic (exact) mass is 669 g/mol. The minimum atomic E-state index is -0.155. The molecule has 0 unspecified atom stereocenters. The lowest BCUT2D eigenvalue weighted by atomic mass is 9.98. The van der Waals surface area contributed by atoms with Crippen LogP contribution in [-0.2, 0) is 0 Å². The lowest BCUT2D eigenvalue weighted by molar-refractivity contribution is 0.674. The molecule has 0 atom stereocenters. The number of fused-ring (bicyclic) bond motifs is 5. The molecule has 0 fully saturated rings. The molecule has 9 aromatic rings. The molecule has 0 amide bonds. The zero-order chi connectivity index (χ0) is 38.3. The number of rotatable bonds is 7. The largest absolute Gasteiger partial charge is 0.455 e. The Morgan fingerprint density at radius 3 is 1.98 bits per heavy atom. The van der Waals surface area contributed by atoms with E-state index in [1.165, 1.54) is 0 Å². The molecule has 2 nitrogen and oxygen atoms in total. The van der Waals surface area contributed by atoms with Gasteiger partial charge in [-0.1, -0.05) is 164 Å². The van der Waals surface area contributed by atoms with Crippen LogP contribution < -0.4 is 15.3 Å². The van der Waals surface area contributed by atoms with Crippen LogP contribution in [0, 0.1) is 0 Å². The van der Waals surface area contributed by atoms with Gasteiger partial charge in [0.15, 0.2) is 0 Å². The van der Waals surface area contributed by atoms with Crippen molar-refractivity contribution in [2.45, 2.75) is 0 Å². The van der Waals surface area contributed by atoms with Crippen molar-refractivity contribution in [2.75, 3.05) is 4.90 Å². The van der Waals surface area contributed by atoms with E-state index in [0.29, 0.717) is 11.4 Å². The average Bonchev–Trinajstić information content (AvgIpc) is 3.64. The second-order valence-corrected chi connectivity index (χ2v) is 12.7. The summed E-state index contributed by atoms with van der Waals surface area (Å²) in [5.41, 5.74) is 7.00. The number of furan rings is 1. The number of benzene rings is 8. The summed E-state index contributed by atoms with van der Waals surface area (Å²) in [4.78, 5) is 1.85. The van der Waals surface area contributed by atoms with E-state index in [-0.39, 0.29) is 35.4 Å². The Morgan fingerprint density at radius 1 is 0.500 bits per heavy atom. The second-order valence-electron chi connectivity index (χ2n) is 12.7. The van der Waals surface area contributed by atoms with Crippen molar-refractivity contribution in [3.8, 4) is 22.3 Å². The molecule has 0 saturated carbocycles. The van der Waals surface area contributed by atoms with E-state index in [4.69, 9.17) is 4.42 Å². The van der Waals surface area contributed by atoms with Crippen LogP contribution in [0.2, 0.25) is 0 Å². The highest BCUT2D eigenvalue weighted by Crippen LogP contribution is 2.45. The first-order valence-corrected chi connectivity index (χ1v) is 17.3. The lowest BCUT2D eigenvalue weighted by Crippen LogP contribution is -2.23. The van der Waals surface area contributed by atoms with Crippen molar-refractivity contribution in [3.05, 3.63) is 211 Å². The molecule has 0 aliphatic carbocycles. The summed E-state index contributed by atoms with van der Waals surface area (Å²) in [6.07, 6.45) is 5.27. The molecule has 1 heterocycles. The van der Waals surface area contributed by atoms with E-state index in [1.807, 2.05) is 126 Å². The van der Waals surface area contributed by atoms with Crippen molar-refractivity contribution in [1.82, 2.24) is 0 Å². The molecule has 9 rings (SSSR count). The highest BCUT2D eigenvalue weighted by Gasteiger charge is 2.21. The van der Waals surface area contributed by atoms with Gasteiger partial charge in [-0.05, 0) is 74.9 Å². The molecular weight excluding hydrogens is 631 g/mol. The van der Waals surface area contributed by atoms with Gasteiger partial charge in [0.25, 0.3) is 0 Å². The van der Waals surface area contributed by atoms with E-state index >= 15 is 0 Å². The molecule has 0 spiro atoms. The van der Waals surface area contributed by atoms with E-state index in [2.05, 4.69) is 49.0 Å². The van der Waals surface area contributed by atoms with Crippen LogP contribution in [0.15, 0.2) is 199 Å². The topological polar surface area (TPSA) is 16.4 Å². The molecule has 0 bridgehead atoms. The summed E-state index contributed by atoms with van der Waals surface area (Å²) in [6.45, 7) is 3.83. The SMILES string of the molecule is [2H]c1c([2H])c(N(c2ccc(-c3ccccc3)cc2)c2ccccc2-c2cccc3c2oc2c4ccccc4ccc32)c([2H])c([2H])c1/C=c1\cccc\c1=C\C=C. The molecule has 8 aromatic carbocycles. The van der Waals surface area contributed by atoms with E-state index in [9.17, 15) is 5.48 Å². The smallest absolute Gasteiger partial charge is 0.143 e. The minimum Gasteiger partial charge on any atom is -0.455 e. The Kier molecular flexibility index (Phi) is 6.95. The maximum atomic E-state index is 9.54. The Balaban J connectivity index is 1.30. The molecule has 246 valence electrons. The summed E-state index contributed by atoms with van der Waals surface area (Å²) in [5, 5.41) is 5.76. The average molecular weight is 670 g/mol. The molecule has 0 radical (unpaired) electrons. The minimum absolute atomic E-state index is 0.135. The molecular formula is C50H35NO. The standard InChI is InChI=1S/C50H35NO/c1-2-13-36-16-6-7-18-40(36)34-35-24-29-41(30-25-35)51(42-31-26-38(27-32-42)37-14-4-3-5-15-37)48-23-11-10-20-44(48)45-21-12-22-46-47-33-28-39-17-8-9-19-43(39)49(47)52-50(45)46/h2-34H,1H2/b36-13-,40-34+/i24D,25D,29D,30D. The summed E-state index contributed by atoms with van der Waals surface area (Å²) in [7, 11) is 0. The van der Waals surface area contributed by atoms with Gasteiger partial charge in [-0.2, -0.15) is 0 Å². The van der Waals surface area contributed by atoms with Gasteiger partial charge >= 0.3 is 0 Å². The van der Waals surface area contributed by atoms with Crippen LogP contribution in [-0.4, -0.2) is 0 Å². The number of allylic oxidation sites excluding steroid dienone is 1. The molecule has 0 aliphatic rings. The van der Waals surface area contributed by atoms with Crippen LogP contribution in [0.25, 0.3) is 67.1 Å². The van der Waals surface area contributed by atoms with Crippen LogP contribution in [0.4, 0.5) is 17.1 Å². The van der Waals surface area contributed by atoms with Crippen molar-refractivity contribution in [1.29, 1.82) is 0 Å². The highest BCUT2D eigenvalue weighted by atomic mass is 16.3. The second kappa shape index (κ2) is 13.4. The molecule has 52 heavy (non-hydrogen) atoms. The van der Waals surface area contributed by atoms with Crippen molar-refractivity contribution < 1.29 is 9.90 Å². The van der Waals surface area contributed by atoms with Crippen LogP contribution in [0.1, 0.15) is 11.0 Å². The van der Waals surface area contributed by atoms with Gasteiger partial charge in [-0.3, -0.25) is 0 Å². The number of para-hydroxylation sites is 2. The zero-order valence-electron chi connectivity index (χ0n) is 32.3. The number of nitrogens with zero attached hydrogens (tertiary/aromatic N) is 1. The Hall–Kier alpha value is -6.90. The van der Waals surface area contributed by atoms with Gasteiger partial charge in [-0.25, -0.2) is 0 Å². The summed E-state index contributed by atoms with van der Waals surface area (Å²) in [6, 6.07) is 51.6. The molecule has 0 saturated heterocycles. The Labute approximate surface area is 308 Å². The quantitative estimate of drug-likeness (QED) is 0.168. The molecule has 2 heteroatoms. The molecule has 0 aliphatic heterocycles. The maximum absolute atomic E-state index is 9.54. The number of anilines is 3. The third-order valence-corrected chi connectivity index (χ3v) is 9.50. The fourth-order valence-corrected chi connectivity index (χ4v) is 7.03. The van der Waals surface area contributed by atoms with Gasteiger partial charge in [0.05, 0.1) is 11.2 Å². The first-order valence-electron chi connectivity index (χ1n) is 19.3. The third kappa shape index (κ3) is 5.67. The van der Waals surface area contributed by atoms with Crippen molar-refractivity contribution >= 4 is 61.9 Å². The molecule has 1 aromatic heterocycles. The number of hydrogen-bond donors (Lipinski definition) is 0. The normalized spacial score (nSPS) is 13.2. The zero-order valence-corrected chi connectivity index (χ0v) is 28.3. The van der Waals surface area contributed by atoms with Crippen LogP contribution in [0.3, 0.4) is 0 Å². The van der Waals surface area contributed by atoms with E-state index in [0.717, 1.165) is 65.4 Å². The summed E-state index contributed by atoms with van der Waals surface area (Å²) < 4.78 is 44.5.